The van der Waals surface area contributed by atoms with Crippen LogP contribution in [-0.4, -0.2) is 30.7 Å². The SMILES string of the molecule is Cc1ccc2c(N3CCN[C@@H](C)C3)cc(F)cc2n1. The van der Waals surface area contributed by atoms with E-state index in [1.165, 1.54) is 6.07 Å². The molecule has 0 radical (unpaired) electrons. The summed E-state index contributed by atoms with van der Waals surface area (Å²) in [7, 11) is 0. The first kappa shape index (κ1) is 12.4. The normalized spacial score (nSPS) is 19.9. The molecule has 0 bridgehead atoms. The van der Waals surface area contributed by atoms with Gasteiger partial charge in [0.15, 0.2) is 0 Å². The van der Waals surface area contributed by atoms with Gasteiger partial charge in [0.25, 0.3) is 0 Å². The van der Waals surface area contributed by atoms with E-state index in [0.717, 1.165) is 41.9 Å². The third kappa shape index (κ3) is 2.40. The van der Waals surface area contributed by atoms with E-state index in [-0.39, 0.29) is 5.82 Å². The number of aromatic nitrogens is 1. The van der Waals surface area contributed by atoms with E-state index < -0.39 is 0 Å². The van der Waals surface area contributed by atoms with Gasteiger partial charge < -0.3 is 10.2 Å². The van der Waals surface area contributed by atoms with Gasteiger partial charge in [-0.2, -0.15) is 0 Å². The van der Waals surface area contributed by atoms with Gasteiger partial charge in [0.1, 0.15) is 5.82 Å². The van der Waals surface area contributed by atoms with Crippen molar-refractivity contribution in [3.8, 4) is 0 Å². The molecule has 0 spiro atoms. The summed E-state index contributed by atoms with van der Waals surface area (Å²) in [5, 5.41) is 4.43. The molecule has 1 N–H and O–H groups in total. The van der Waals surface area contributed by atoms with Crippen molar-refractivity contribution in [1.82, 2.24) is 10.3 Å². The van der Waals surface area contributed by atoms with E-state index in [1.807, 2.05) is 19.1 Å². The number of aryl methyl sites for hydroxylation is 1. The van der Waals surface area contributed by atoms with Crippen molar-refractivity contribution in [3.63, 3.8) is 0 Å². The van der Waals surface area contributed by atoms with Gasteiger partial charge >= 0.3 is 0 Å². The minimum atomic E-state index is -0.216. The van der Waals surface area contributed by atoms with Crippen LogP contribution in [0.3, 0.4) is 0 Å². The zero-order valence-corrected chi connectivity index (χ0v) is 11.3. The molecule has 4 heteroatoms. The smallest absolute Gasteiger partial charge is 0.127 e. The van der Waals surface area contributed by atoms with Crippen LogP contribution in [0.15, 0.2) is 24.3 Å². The second kappa shape index (κ2) is 4.78. The molecular weight excluding hydrogens is 241 g/mol. The fourth-order valence-corrected chi connectivity index (χ4v) is 2.70. The first-order chi connectivity index (χ1) is 9.13. The van der Waals surface area contributed by atoms with Crippen molar-refractivity contribution < 1.29 is 4.39 Å². The second-order valence-corrected chi connectivity index (χ2v) is 5.25. The number of fused-ring (bicyclic) bond motifs is 1. The second-order valence-electron chi connectivity index (χ2n) is 5.25. The fourth-order valence-electron chi connectivity index (χ4n) is 2.70. The summed E-state index contributed by atoms with van der Waals surface area (Å²) in [5.41, 5.74) is 2.61. The third-order valence-electron chi connectivity index (χ3n) is 3.60. The number of nitrogens with zero attached hydrogens (tertiary/aromatic N) is 2. The van der Waals surface area contributed by atoms with Gasteiger partial charge in [-0.05, 0) is 32.0 Å². The van der Waals surface area contributed by atoms with Crippen LogP contribution in [-0.2, 0) is 0 Å². The van der Waals surface area contributed by atoms with E-state index in [9.17, 15) is 4.39 Å². The molecule has 0 saturated carbocycles. The summed E-state index contributed by atoms with van der Waals surface area (Å²) >= 11 is 0. The molecule has 1 atom stereocenters. The fraction of sp³-hybridized carbons (Fsp3) is 0.400. The highest BCUT2D eigenvalue weighted by Gasteiger charge is 2.18. The van der Waals surface area contributed by atoms with Gasteiger partial charge in [-0.15, -0.1) is 0 Å². The Labute approximate surface area is 112 Å². The van der Waals surface area contributed by atoms with Crippen LogP contribution in [0.2, 0.25) is 0 Å². The molecule has 100 valence electrons. The molecule has 0 aliphatic carbocycles. The lowest BCUT2D eigenvalue weighted by Gasteiger charge is -2.34. The molecule has 2 aromatic rings. The monoisotopic (exact) mass is 259 g/mol. The summed E-state index contributed by atoms with van der Waals surface area (Å²) in [6.07, 6.45) is 0. The Balaban J connectivity index is 2.11. The van der Waals surface area contributed by atoms with Gasteiger partial charge in [-0.1, -0.05) is 0 Å². The predicted octanol–water partition coefficient (Wildman–Crippen LogP) is 2.48. The number of rotatable bonds is 1. The first-order valence-corrected chi connectivity index (χ1v) is 6.69. The molecule has 1 aliphatic heterocycles. The van der Waals surface area contributed by atoms with Crippen molar-refractivity contribution in [1.29, 1.82) is 0 Å². The third-order valence-corrected chi connectivity index (χ3v) is 3.60. The summed E-state index contributed by atoms with van der Waals surface area (Å²) in [6.45, 7) is 6.80. The minimum Gasteiger partial charge on any atom is -0.368 e. The van der Waals surface area contributed by atoms with E-state index in [0.29, 0.717) is 6.04 Å². The Morgan fingerprint density at radius 1 is 1.37 bits per heavy atom. The zero-order chi connectivity index (χ0) is 13.4. The maximum atomic E-state index is 13.8. The predicted molar refractivity (Wildman–Crippen MR) is 76.1 cm³/mol. The van der Waals surface area contributed by atoms with Gasteiger partial charge in [0.05, 0.1) is 5.52 Å². The van der Waals surface area contributed by atoms with E-state index in [2.05, 4.69) is 22.1 Å². The zero-order valence-electron chi connectivity index (χ0n) is 11.3. The first-order valence-electron chi connectivity index (χ1n) is 6.69. The lowest BCUT2D eigenvalue weighted by atomic mass is 10.1. The molecule has 0 amide bonds. The number of nitrogens with one attached hydrogen (secondary N) is 1. The molecule has 1 aromatic carbocycles. The molecule has 2 heterocycles. The van der Waals surface area contributed by atoms with Crippen LogP contribution in [0.1, 0.15) is 12.6 Å². The van der Waals surface area contributed by atoms with Crippen molar-refractivity contribution in [2.45, 2.75) is 19.9 Å². The van der Waals surface area contributed by atoms with Gasteiger partial charge in [0.2, 0.25) is 0 Å². The average molecular weight is 259 g/mol. The standard InChI is InChI=1S/C15H18FN3/c1-10-3-4-13-14(18-10)7-12(16)8-15(13)19-6-5-17-11(2)9-19/h3-4,7-8,11,17H,5-6,9H2,1-2H3/t11-/m0/s1. The van der Waals surface area contributed by atoms with E-state index in [1.54, 1.807) is 6.07 Å². The molecule has 0 unspecified atom stereocenters. The molecule has 1 saturated heterocycles. The van der Waals surface area contributed by atoms with Gasteiger partial charge in [-0.25, -0.2) is 4.39 Å². The summed E-state index contributed by atoms with van der Waals surface area (Å²) in [6, 6.07) is 7.58. The van der Waals surface area contributed by atoms with Crippen LogP contribution >= 0.6 is 0 Å². The molecule has 3 rings (SSSR count). The molecule has 1 aliphatic rings. The Hall–Kier alpha value is -1.68. The molecule has 3 nitrogen and oxygen atoms in total. The van der Waals surface area contributed by atoms with E-state index >= 15 is 0 Å². The Morgan fingerprint density at radius 2 is 2.21 bits per heavy atom. The highest BCUT2D eigenvalue weighted by Crippen LogP contribution is 2.28. The van der Waals surface area contributed by atoms with Crippen LogP contribution in [0.5, 0.6) is 0 Å². The number of halogens is 1. The van der Waals surface area contributed by atoms with E-state index in [4.69, 9.17) is 0 Å². The lowest BCUT2D eigenvalue weighted by molar-refractivity contribution is 0.485. The van der Waals surface area contributed by atoms with Gasteiger partial charge in [-0.3, -0.25) is 4.98 Å². The molecule has 1 aromatic heterocycles. The van der Waals surface area contributed by atoms with Crippen LogP contribution in [0, 0.1) is 12.7 Å². The molecule has 19 heavy (non-hydrogen) atoms. The van der Waals surface area contributed by atoms with Crippen molar-refractivity contribution in [2.75, 3.05) is 24.5 Å². The Morgan fingerprint density at radius 3 is 3.00 bits per heavy atom. The van der Waals surface area contributed by atoms with Crippen molar-refractivity contribution >= 4 is 16.6 Å². The van der Waals surface area contributed by atoms with Crippen molar-refractivity contribution in [2.24, 2.45) is 0 Å². The number of piperazine rings is 1. The maximum Gasteiger partial charge on any atom is 0.127 e. The summed E-state index contributed by atoms with van der Waals surface area (Å²) < 4.78 is 13.8. The average Bonchev–Trinajstić information content (AvgIpc) is 2.37. The van der Waals surface area contributed by atoms with Crippen LogP contribution < -0.4 is 10.2 Å². The summed E-state index contributed by atoms with van der Waals surface area (Å²) in [5.74, 6) is -0.216. The maximum absolute atomic E-state index is 13.8. The number of hydrogen-bond acceptors (Lipinski definition) is 3. The summed E-state index contributed by atoms with van der Waals surface area (Å²) in [4.78, 5) is 6.67. The van der Waals surface area contributed by atoms with Gasteiger partial charge in [0, 0.05) is 48.5 Å². The topological polar surface area (TPSA) is 28.2 Å². The Bertz CT molecular complexity index is 606. The highest BCUT2D eigenvalue weighted by molar-refractivity contribution is 5.92. The molecular formula is C15H18FN3. The lowest BCUT2D eigenvalue weighted by Crippen LogP contribution is -2.49. The number of hydrogen-bond donors (Lipinski definition) is 1. The largest absolute Gasteiger partial charge is 0.368 e. The number of anilines is 1. The number of pyridine rings is 1. The molecule has 1 fully saturated rings. The van der Waals surface area contributed by atoms with Crippen LogP contribution in [0.25, 0.3) is 10.9 Å². The number of benzene rings is 1. The highest BCUT2D eigenvalue weighted by atomic mass is 19.1. The quantitative estimate of drug-likeness (QED) is 0.852. The van der Waals surface area contributed by atoms with Crippen molar-refractivity contribution in [3.05, 3.63) is 35.8 Å². The van der Waals surface area contributed by atoms with Crippen LogP contribution in [0.4, 0.5) is 10.1 Å². The minimum absolute atomic E-state index is 0.216. The Kier molecular flexibility index (Phi) is 3.11.